The minimum Gasteiger partial charge on any atom is -0.447 e. The molecular formula is C25H24N2O4. The zero-order valence-corrected chi connectivity index (χ0v) is 17.0. The third-order valence-electron chi connectivity index (χ3n) is 5.73. The Morgan fingerprint density at radius 1 is 0.839 bits per heavy atom. The summed E-state index contributed by atoms with van der Waals surface area (Å²) in [5.74, 6) is 0. The van der Waals surface area contributed by atoms with Crippen molar-refractivity contribution in [3.8, 4) is 0 Å². The number of fused-ring (bicyclic) bond motifs is 1. The number of rotatable bonds is 5. The molecule has 0 aromatic heterocycles. The predicted octanol–water partition coefficient (Wildman–Crippen LogP) is 4.73. The van der Waals surface area contributed by atoms with Gasteiger partial charge >= 0.3 is 6.09 Å². The second-order valence-electron chi connectivity index (χ2n) is 7.85. The molecule has 2 fully saturated rings. The maximum absolute atomic E-state index is 12.4. The van der Waals surface area contributed by atoms with E-state index in [2.05, 4.69) is 10.2 Å². The first-order valence-electron chi connectivity index (χ1n) is 10.4. The lowest BCUT2D eigenvalue weighted by Gasteiger charge is -2.33. The molecule has 0 radical (unpaired) electrons. The maximum atomic E-state index is 12.4. The number of hydrogen-bond donors (Lipinski definition) is 1. The average Bonchev–Trinajstić information content (AvgIpc) is 3.37. The minimum absolute atomic E-state index is 0.165. The number of anilines is 1. The van der Waals surface area contributed by atoms with Crippen LogP contribution in [0.1, 0.15) is 23.6 Å². The molecule has 6 heteroatoms. The van der Waals surface area contributed by atoms with Crippen molar-refractivity contribution in [3.63, 3.8) is 0 Å². The Bertz CT molecular complexity index is 962. The molecule has 0 aliphatic carbocycles. The second-order valence-corrected chi connectivity index (χ2v) is 7.85. The van der Waals surface area contributed by atoms with E-state index in [4.69, 9.17) is 14.2 Å². The van der Waals surface area contributed by atoms with Crippen molar-refractivity contribution in [1.29, 1.82) is 0 Å². The highest BCUT2D eigenvalue weighted by molar-refractivity contribution is 5.84. The van der Waals surface area contributed by atoms with Gasteiger partial charge in [-0.25, -0.2) is 9.69 Å². The molecular weight excluding hydrogens is 392 g/mol. The van der Waals surface area contributed by atoms with E-state index >= 15 is 0 Å². The van der Waals surface area contributed by atoms with Crippen LogP contribution in [-0.2, 0) is 14.2 Å². The van der Waals surface area contributed by atoms with E-state index < -0.39 is 11.6 Å². The van der Waals surface area contributed by atoms with Crippen molar-refractivity contribution in [3.05, 3.63) is 102 Å². The molecule has 1 amide bonds. The van der Waals surface area contributed by atoms with E-state index in [0.29, 0.717) is 18.9 Å². The Hall–Kier alpha value is -3.19. The van der Waals surface area contributed by atoms with Gasteiger partial charge in [0.05, 0.1) is 13.2 Å². The zero-order valence-electron chi connectivity index (χ0n) is 17.0. The van der Waals surface area contributed by atoms with Gasteiger partial charge in [0.1, 0.15) is 24.6 Å². The summed E-state index contributed by atoms with van der Waals surface area (Å²) in [4.78, 5) is 14.6. The number of benzene rings is 3. The molecule has 1 N–H and O–H groups in total. The molecule has 6 nitrogen and oxygen atoms in total. The highest BCUT2D eigenvalue weighted by Gasteiger charge is 2.57. The van der Waals surface area contributed by atoms with Crippen LogP contribution in [0.3, 0.4) is 0 Å². The summed E-state index contributed by atoms with van der Waals surface area (Å²) in [6.07, 6.45) is -1.06. The number of nitrogens with zero attached hydrogens (tertiary/aromatic N) is 1. The van der Waals surface area contributed by atoms with Gasteiger partial charge in [-0.05, 0) is 23.3 Å². The van der Waals surface area contributed by atoms with Crippen LogP contribution in [0.15, 0.2) is 91.0 Å². The Kier molecular flexibility index (Phi) is 5.42. The Morgan fingerprint density at radius 3 is 1.84 bits per heavy atom. The topological polar surface area (TPSA) is 60.0 Å². The van der Waals surface area contributed by atoms with Gasteiger partial charge in [-0.3, -0.25) is 5.32 Å². The van der Waals surface area contributed by atoms with Gasteiger partial charge in [-0.1, -0.05) is 78.9 Å². The lowest BCUT2D eigenvalue weighted by atomic mass is 10.0. The highest BCUT2D eigenvalue weighted by Crippen LogP contribution is 2.49. The van der Waals surface area contributed by atoms with E-state index in [0.717, 1.165) is 11.1 Å². The molecule has 3 aromatic carbocycles. The lowest BCUT2D eigenvalue weighted by Crippen LogP contribution is -2.49. The summed E-state index contributed by atoms with van der Waals surface area (Å²) in [6, 6.07) is 29.4. The standard InChI is InChI=1S/C25H24N2O4/c28-24(26-21-14-8-3-9-15-21)31-18-25-16-29-22(19-10-4-1-5-11-19)27(25)23(30-17-25)20-12-6-2-7-13-20/h1-15,22-23H,16-18H2,(H,26,28). The van der Waals surface area contributed by atoms with Crippen LogP contribution in [0, 0.1) is 0 Å². The quantitative estimate of drug-likeness (QED) is 0.651. The van der Waals surface area contributed by atoms with E-state index in [1.54, 1.807) is 0 Å². The molecule has 2 atom stereocenters. The molecule has 5 rings (SSSR count). The largest absolute Gasteiger partial charge is 0.447 e. The average molecular weight is 416 g/mol. The number of ether oxygens (including phenoxy) is 3. The third kappa shape index (κ3) is 3.93. The molecule has 2 aliphatic heterocycles. The first-order chi connectivity index (χ1) is 15.3. The smallest absolute Gasteiger partial charge is 0.411 e. The Balaban J connectivity index is 1.38. The summed E-state index contributed by atoms with van der Waals surface area (Å²) in [5.41, 5.74) is 2.22. The Morgan fingerprint density at radius 2 is 1.32 bits per heavy atom. The van der Waals surface area contributed by atoms with Gasteiger partial charge in [0.25, 0.3) is 0 Å². The van der Waals surface area contributed by atoms with Crippen LogP contribution in [0.2, 0.25) is 0 Å². The third-order valence-corrected chi connectivity index (χ3v) is 5.73. The Labute approximate surface area is 181 Å². The lowest BCUT2D eigenvalue weighted by molar-refractivity contribution is -0.0631. The first kappa shape index (κ1) is 19.8. The van der Waals surface area contributed by atoms with E-state index in [1.165, 1.54) is 0 Å². The van der Waals surface area contributed by atoms with Gasteiger partial charge < -0.3 is 14.2 Å². The molecule has 2 unspecified atom stereocenters. The van der Waals surface area contributed by atoms with Crippen molar-refractivity contribution in [2.75, 3.05) is 25.1 Å². The monoisotopic (exact) mass is 416 g/mol. The summed E-state index contributed by atoms with van der Waals surface area (Å²) in [5, 5.41) is 2.77. The number of carbonyl (C=O) groups is 1. The number of para-hydroxylation sites is 1. The van der Waals surface area contributed by atoms with Crippen LogP contribution in [0.4, 0.5) is 10.5 Å². The molecule has 2 aliphatic rings. The van der Waals surface area contributed by atoms with Crippen molar-refractivity contribution < 1.29 is 19.0 Å². The minimum atomic E-state index is -0.560. The molecule has 2 saturated heterocycles. The SMILES string of the molecule is O=C(Nc1ccccc1)OCC12COC(c3ccccc3)N1C(c1ccccc1)OC2. The van der Waals surface area contributed by atoms with Crippen LogP contribution < -0.4 is 5.32 Å². The molecule has 0 bridgehead atoms. The second kappa shape index (κ2) is 8.51. The van der Waals surface area contributed by atoms with Gasteiger partial charge in [-0.2, -0.15) is 0 Å². The van der Waals surface area contributed by atoms with Gasteiger partial charge in [-0.15, -0.1) is 0 Å². The van der Waals surface area contributed by atoms with E-state index in [-0.39, 0.29) is 19.1 Å². The predicted molar refractivity (Wildman–Crippen MR) is 116 cm³/mol. The summed E-state index contributed by atoms with van der Waals surface area (Å²) >= 11 is 0. The number of hydrogen-bond acceptors (Lipinski definition) is 5. The molecule has 31 heavy (non-hydrogen) atoms. The van der Waals surface area contributed by atoms with Crippen molar-refractivity contribution in [2.45, 2.75) is 18.0 Å². The fraction of sp³-hybridized carbons (Fsp3) is 0.240. The fourth-order valence-corrected chi connectivity index (χ4v) is 4.22. The fourth-order valence-electron chi connectivity index (χ4n) is 4.22. The van der Waals surface area contributed by atoms with Crippen LogP contribution in [0.5, 0.6) is 0 Å². The van der Waals surface area contributed by atoms with Gasteiger partial charge in [0.2, 0.25) is 0 Å². The first-order valence-corrected chi connectivity index (χ1v) is 10.4. The molecule has 0 saturated carbocycles. The van der Waals surface area contributed by atoms with E-state index in [9.17, 15) is 4.79 Å². The molecule has 0 spiro atoms. The van der Waals surface area contributed by atoms with Gasteiger partial charge in [0, 0.05) is 5.69 Å². The molecule has 2 heterocycles. The van der Waals surface area contributed by atoms with Crippen molar-refractivity contribution in [1.82, 2.24) is 4.90 Å². The number of nitrogens with one attached hydrogen (secondary N) is 1. The zero-order chi connectivity index (χ0) is 21.1. The van der Waals surface area contributed by atoms with Crippen LogP contribution in [0.25, 0.3) is 0 Å². The maximum Gasteiger partial charge on any atom is 0.411 e. The molecule has 158 valence electrons. The highest BCUT2D eigenvalue weighted by atomic mass is 16.6. The van der Waals surface area contributed by atoms with Gasteiger partial charge in [0.15, 0.2) is 0 Å². The van der Waals surface area contributed by atoms with Crippen LogP contribution in [-0.4, -0.2) is 36.4 Å². The summed E-state index contributed by atoms with van der Waals surface area (Å²) in [6.45, 7) is 0.987. The molecule has 3 aromatic rings. The number of amides is 1. The van der Waals surface area contributed by atoms with Crippen LogP contribution >= 0.6 is 0 Å². The van der Waals surface area contributed by atoms with E-state index in [1.807, 2.05) is 91.0 Å². The van der Waals surface area contributed by atoms with Crippen molar-refractivity contribution in [2.24, 2.45) is 0 Å². The summed E-state index contributed by atoms with van der Waals surface area (Å²) < 4.78 is 18.1. The van der Waals surface area contributed by atoms with Crippen molar-refractivity contribution >= 4 is 11.8 Å². The number of carbonyl (C=O) groups excluding carboxylic acids is 1. The summed E-state index contributed by atoms with van der Waals surface area (Å²) in [7, 11) is 0. The normalized spacial score (nSPS) is 25.2.